The van der Waals surface area contributed by atoms with Crippen LogP contribution in [0.25, 0.3) is 6.08 Å². The van der Waals surface area contributed by atoms with Crippen LogP contribution in [0, 0.1) is 11.3 Å². The Morgan fingerprint density at radius 3 is 2.89 bits per heavy atom. The molecule has 0 aromatic heterocycles. The second-order valence-corrected chi connectivity index (χ2v) is 3.69. The number of nitriles is 1. The molecule has 0 radical (unpaired) electrons. The average Bonchev–Trinajstić information content (AvgIpc) is 2.42. The second kappa shape index (κ2) is 7.77. The van der Waals surface area contributed by atoms with Crippen LogP contribution >= 0.6 is 0 Å². The van der Waals surface area contributed by atoms with E-state index in [0.717, 1.165) is 6.08 Å². The van der Waals surface area contributed by atoms with Gasteiger partial charge < -0.3 is 14.6 Å². The summed E-state index contributed by atoms with van der Waals surface area (Å²) in [6, 6.07) is 7.19. The van der Waals surface area contributed by atoms with E-state index < -0.39 is 5.97 Å². The van der Waals surface area contributed by atoms with Gasteiger partial charge in [0.1, 0.15) is 0 Å². The van der Waals surface area contributed by atoms with Gasteiger partial charge in [-0.25, -0.2) is 4.79 Å². The minimum Gasteiger partial charge on any atom is -0.493 e. The summed E-state index contributed by atoms with van der Waals surface area (Å²) in [6.45, 7) is 0.439. The topological polar surface area (TPSA) is 79.6 Å². The highest BCUT2D eigenvalue weighted by molar-refractivity contribution is 5.85. The Hall–Kier alpha value is -2.48. The Labute approximate surface area is 111 Å². The molecule has 0 atom stereocenters. The molecule has 5 nitrogen and oxygen atoms in total. The number of carboxylic acid groups (broad SMARTS) is 1. The first-order valence-corrected chi connectivity index (χ1v) is 5.76. The number of benzene rings is 1. The van der Waals surface area contributed by atoms with Crippen molar-refractivity contribution < 1.29 is 19.4 Å². The molecule has 0 unspecified atom stereocenters. The summed E-state index contributed by atoms with van der Waals surface area (Å²) in [7, 11) is 1.52. The molecular formula is C14H15NO4. The van der Waals surface area contributed by atoms with E-state index >= 15 is 0 Å². The van der Waals surface area contributed by atoms with Gasteiger partial charge in [-0.2, -0.15) is 5.26 Å². The van der Waals surface area contributed by atoms with Crippen molar-refractivity contribution in [2.24, 2.45) is 0 Å². The van der Waals surface area contributed by atoms with Crippen LogP contribution in [0.15, 0.2) is 24.3 Å². The van der Waals surface area contributed by atoms with Gasteiger partial charge in [-0.15, -0.1) is 0 Å². The first-order valence-electron chi connectivity index (χ1n) is 5.76. The van der Waals surface area contributed by atoms with E-state index in [1.54, 1.807) is 18.2 Å². The van der Waals surface area contributed by atoms with E-state index in [0.29, 0.717) is 36.5 Å². The fourth-order valence-corrected chi connectivity index (χ4v) is 1.41. The van der Waals surface area contributed by atoms with Gasteiger partial charge in [-0.05, 0) is 30.2 Å². The Kier molecular flexibility index (Phi) is 5.96. The number of methoxy groups -OCH3 is 1. The maximum Gasteiger partial charge on any atom is 0.328 e. The predicted octanol–water partition coefficient (Wildman–Crippen LogP) is 2.48. The fourth-order valence-electron chi connectivity index (χ4n) is 1.41. The molecule has 0 aliphatic rings. The molecule has 5 heteroatoms. The number of carbonyl (C=O) groups is 1. The third kappa shape index (κ3) is 5.13. The fraction of sp³-hybridized carbons (Fsp3) is 0.286. The highest BCUT2D eigenvalue weighted by Crippen LogP contribution is 2.28. The van der Waals surface area contributed by atoms with Crippen molar-refractivity contribution in [3.8, 4) is 17.6 Å². The monoisotopic (exact) mass is 261 g/mol. The zero-order valence-corrected chi connectivity index (χ0v) is 10.6. The zero-order chi connectivity index (χ0) is 14.1. The molecule has 0 bridgehead atoms. The maximum absolute atomic E-state index is 10.4. The Morgan fingerprint density at radius 2 is 2.26 bits per heavy atom. The van der Waals surface area contributed by atoms with Crippen LogP contribution in [0.4, 0.5) is 0 Å². The number of rotatable bonds is 7. The van der Waals surface area contributed by atoms with E-state index in [1.165, 1.54) is 13.2 Å². The molecule has 0 aliphatic heterocycles. The highest BCUT2D eigenvalue weighted by Gasteiger charge is 2.04. The van der Waals surface area contributed by atoms with Crippen molar-refractivity contribution in [3.63, 3.8) is 0 Å². The van der Waals surface area contributed by atoms with Gasteiger partial charge in [0, 0.05) is 12.5 Å². The molecule has 1 aromatic rings. The van der Waals surface area contributed by atoms with Crippen molar-refractivity contribution in [2.75, 3.05) is 13.7 Å². The molecule has 0 fully saturated rings. The van der Waals surface area contributed by atoms with Crippen LogP contribution in [-0.2, 0) is 4.79 Å². The minimum absolute atomic E-state index is 0.439. The molecule has 0 heterocycles. The molecule has 19 heavy (non-hydrogen) atoms. The van der Waals surface area contributed by atoms with E-state index in [2.05, 4.69) is 0 Å². The number of ether oxygens (including phenoxy) is 2. The number of hydrogen-bond donors (Lipinski definition) is 1. The number of hydrogen-bond acceptors (Lipinski definition) is 4. The molecule has 0 spiro atoms. The summed E-state index contributed by atoms with van der Waals surface area (Å²) < 4.78 is 10.7. The lowest BCUT2D eigenvalue weighted by molar-refractivity contribution is -0.131. The third-order valence-corrected chi connectivity index (χ3v) is 2.30. The van der Waals surface area contributed by atoms with Crippen molar-refractivity contribution in [1.82, 2.24) is 0 Å². The smallest absolute Gasteiger partial charge is 0.328 e. The lowest BCUT2D eigenvalue weighted by Crippen LogP contribution is -1.99. The minimum atomic E-state index is -1.00. The van der Waals surface area contributed by atoms with Crippen molar-refractivity contribution in [1.29, 1.82) is 5.26 Å². The van der Waals surface area contributed by atoms with Crippen LogP contribution in [0.3, 0.4) is 0 Å². The molecule has 0 saturated carbocycles. The lowest BCUT2D eigenvalue weighted by atomic mass is 10.2. The quantitative estimate of drug-likeness (QED) is 0.602. The van der Waals surface area contributed by atoms with Crippen molar-refractivity contribution >= 4 is 12.0 Å². The normalized spacial score (nSPS) is 10.1. The summed E-state index contributed by atoms with van der Waals surface area (Å²) in [5, 5.41) is 17.0. The molecular weight excluding hydrogens is 246 g/mol. The van der Waals surface area contributed by atoms with E-state index in [4.69, 9.17) is 19.8 Å². The predicted molar refractivity (Wildman–Crippen MR) is 70.0 cm³/mol. The number of nitrogens with zero attached hydrogens (tertiary/aromatic N) is 1. The van der Waals surface area contributed by atoms with Gasteiger partial charge in [-0.3, -0.25) is 0 Å². The second-order valence-electron chi connectivity index (χ2n) is 3.69. The number of unbranched alkanes of at least 4 members (excludes halogenated alkanes) is 1. The zero-order valence-electron chi connectivity index (χ0n) is 10.6. The Bertz CT molecular complexity index is 503. The summed E-state index contributed by atoms with van der Waals surface area (Å²) >= 11 is 0. The van der Waals surface area contributed by atoms with Crippen LogP contribution < -0.4 is 9.47 Å². The molecule has 0 aliphatic carbocycles. The molecule has 1 aromatic carbocycles. The van der Waals surface area contributed by atoms with Crippen LogP contribution in [0.2, 0.25) is 0 Å². The summed E-state index contributed by atoms with van der Waals surface area (Å²) in [6.07, 6.45) is 3.63. The highest BCUT2D eigenvalue weighted by atomic mass is 16.5. The SMILES string of the molecule is COc1cc(/C=C/C(=O)O)ccc1OCCCC#N. The first kappa shape index (κ1) is 14.6. The van der Waals surface area contributed by atoms with Gasteiger partial charge in [0.2, 0.25) is 0 Å². The Morgan fingerprint density at radius 1 is 1.47 bits per heavy atom. The first-order chi connectivity index (χ1) is 9.17. The molecule has 1 rings (SSSR count). The Balaban J connectivity index is 2.73. The average molecular weight is 261 g/mol. The van der Waals surface area contributed by atoms with E-state index in [9.17, 15) is 4.79 Å². The molecule has 100 valence electrons. The van der Waals surface area contributed by atoms with E-state index in [-0.39, 0.29) is 0 Å². The molecule has 1 N–H and O–H groups in total. The van der Waals surface area contributed by atoms with Crippen LogP contribution in [-0.4, -0.2) is 24.8 Å². The largest absolute Gasteiger partial charge is 0.493 e. The van der Waals surface area contributed by atoms with Crippen LogP contribution in [0.5, 0.6) is 11.5 Å². The lowest BCUT2D eigenvalue weighted by Gasteiger charge is -2.10. The number of carboxylic acids is 1. The van der Waals surface area contributed by atoms with Crippen LogP contribution in [0.1, 0.15) is 18.4 Å². The number of aliphatic carboxylic acids is 1. The summed E-state index contributed by atoms with van der Waals surface area (Å²) in [5.74, 6) is 0.105. The van der Waals surface area contributed by atoms with Gasteiger partial charge in [-0.1, -0.05) is 6.07 Å². The summed E-state index contributed by atoms with van der Waals surface area (Å²) in [5.41, 5.74) is 0.712. The molecule has 0 amide bonds. The van der Waals surface area contributed by atoms with Crippen molar-refractivity contribution in [3.05, 3.63) is 29.8 Å². The molecule has 0 saturated heterocycles. The third-order valence-electron chi connectivity index (χ3n) is 2.30. The van der Waals surface area contributed by atoms with Gasteiger partial charge >= 0.3 is 5.97 Å². The standard InChI is InChI=1S/C14H15NO4/c1-18-13-10-11(5-7-14(16)17)4-6-12(13)19-9-3-2-8-15/h4-7,10H,2-3,9H2,1H3,(H,16,17)/b7-5+. The van der Waals surface area contributed by atoms with Gasteiger partial charge in [0.25, 0.3) is 0 Å². The maximum atomic E-state index is 10.4. The summed E-state index contributed by atoms with van der Waals surface area (Å²) in [4.78, 5) is 10.4. The van der Waals surface area contributed by atoms with Crippen molar-refractivity contribution in [2.45, 2.75) is 12.8 Å². The van der Waals surface area contributed by atoms with Gasteiger partial charge in [0.05, 0.1) is 19.8 Å². The van der Waals surface area contributed by atoms with Gasteiger partial charge in [0.15, 0.2) is 11.5 Å². The van der Waals surface area contributed by atoms with E-state index in [1.807, 2.05) is 6.07 Å².